The SMILES string of the molecule is CSc1ccc(NC(C)C2CCOC2)cn1. The van der Waals surface area contributed by atoms with Gasteiger partial charge in [0.05, 0.1) is 23.5 Å². The molecule has 0 radical (unpaired) electrons. The van der Waals surface area contributed by atoms with Crippen molar-refractivity contribution in [2.75, 3.05) is 24.8 Å². The summed E-state index contributed by atoms with van der Waals surface area (Å²) in [6.07, 6.45) is 5.09. The van der Waals surface area contributed by atoms with Gasteiger partial charge in [-0.25, -0.2) is 4.98 Å². The van der Waals surface area contributed by atoms with E-state index in [0.717, 1.165) is 30.3 Å². The van der Waals surface area contributed by atoms with Crippen molar-refractivity contribution in [3.8, 4) is 0 Å². The van der Waals surface area contributed by atoms with Crippen LogP contribution in [-0.4, -0.2) is 30.5 Å². The smallest absolute Gasteiger partial charge is 0.0958 e. The predicted octanol–water partition coefficient (Wildman–Crippen LogP) is 2.64. The zero-order valence-corrected chi connectivity index (χ0v) is 10.6. The fourth-order valence-corrected chi connectivity index (χ4v) is 2.28. The third kappa shape index (κ3) is 2.89. The second-order valence-electron chi connectivity index (χ2n) is 4.15. The molecule has 1 aliphatic rings. The lowest BCUT2D eigenvalue weighted by Crippen LogP contribution is -2.26. The molecule has 16 heavy (non-hydrogen) atoms. The highest BCUT2D eigenvalue weighted by molar-refractivity contribution is 7.98. The Balaban J connectivity index is 1.92. The first-order valence-electron chi connectivity index (χ1n) is 5.64. The van der Waals surface area contributed by atoms with Crippen LogP contribution in [0, 0.1) is 5.92 Å². The molecule has 2 rings (SSSR count). The zero-order chi connectivity index (χ0) is 11.4. The summed E-state index contributed by atoms with van der Waals surface area (Å²) in [6.45, 7) is 3.99. The zero-order valence-electron chi connectivity index (χ0n) is 9.77. The van der Waals surface area contributed by atoms with Crippen molar-refractivity contribution < 1.29 is 4.74 Å². The van der Waals surface area contributed by atoms with E-state index in [2.05, 4.69) is 23.3 Å². The summed E-state index contributed by atoms with van der Waals surface area (Å²) in [6, 6.07) is 4.58. The van der Waals surface area contributed by atoms with Crippen LogP contribution in [0.4, 0.5) is 5.69 Å². The third-order valence-corrected chi connectivity index (χ3v) is 3.67. The van der Waals surface area contributed by atoms with Crippen LogP contribution >= 0.6 is 11.8 Å². The number of nitrogens with one attached hydrogen (secondary N) is 1. The number of ether oxygens (including phenoxy) is 1. The van der Waals surface area contributed by atoms with Gasteiger partial charge >= 0.3 is 0 Å². The van der Waals surface area contributed by atoms with E-state index in [1.165, 1.54) is 0 Å². The molecule has 1 aromatic rings. The van der Waals surface area contributed by atoms with E-state index in [4.69, 9.17) is 4.74 Å². The Kier molecular flexibility index (Phi) is 4.07. The van der Waals surface area contributed by atoms with E-state index < -0.39 is 0 Å². The molecule has 2 unspecified atom stereocenters. The van der Waals surface area contributed by atoms with Gasteiger partial charge in [0.25, 0.3) is 0 Å². The lowest BCUT2D eigenvalue weighted by molar-refractivity contribution is 0.183. The van der Waals surface area contributed by atoms with Crippen molar-refractivity contribution in [1.29, 1.82) is 0 Å². The quantitative estimate of drug-likeness (QED) is 0.818. The molecule has 2 heterocycles. The van der Waals surface area contributed by atoms with Gasteiger partial charge in [0.15, 0.2) is 0 Å². The van der Waals surface area contributed by atoms with Crippen molar-refractivity contribution in [1.82, 2.24) is 4.98 Å². The number of thioether (sulfide) groups is 1. The van der Waals surface area contributed by atoms with Gasteiger partial charge in [-0.2, -0.15) is 0 Å². The maximum absolute atomic E-state index is 5.39. The predicted molar refractivity (Wildman–Crippen MR) is 68.0 cm³/mol. The number of hydrogen-bond acceptors (Lipinski definition) is 4. The molecule has 1 aliphatic heterocycles. The summed E-state index contributed by atoms with van der Waals surface area (Å²) in [5.74, 6) is 0.625. The minimum absolute atomic E-state index is 0.449. The molecular formula is C12H18N2OS. The van der Waals surface area contributed by atoms with E-state index in [1.54, 1.807) is 11.8 Å². The third-order valence-electron chi connectivity index (χ3n) is 3.01. The Bertz CT molecular complexity index is 322. The highest BCUT2D eigenvalue weighted by atomic mass is 32.2. The monoisotopic (exact) mass is 238 g/mol. The molecular weight excluding hydrogens is 220 g/mol. The molecule has 0 saturated carbocycles. The number of aromatic nitrogens is 1. The van der Waals surface area contributed by atoms with Crippen LogP contribution in [0.3, 0.4) is 0 Å². The number of rotatable bonds is 4. The molecule has 0 spiro atoms. The molecule has 1 N–H and O–H groups in total. The van der Waals surface area contributed by atoms with Gasteiger partial charge in [0, 0.05) is 18.6 Å². The van der Waals surface area contributed by atoms with E-state index in [9.17, 15) is 0 Å². The van der Waals surface area contributed by atoms with Crippen LogP contribution in [0.1, 0.15) is 13.3 Å². The van der Waals surface area contributed by atoms with Crippen molar-refractivity contribution in [2.45, 2.75) is 24.4 Å². The van der Waals surface area contributed by atoms with Gasteiger partial charge < -0.3 is 10.1 Å². The van der Waals surface area contributed by atoms with Gasteiger partial charge in [-0.3, -0.25) is 0 Å². The van der Waals surface area contributed by atoms with E-state index >= 15 is 0 Å². The minimum Gasteiger partial charge on any atom is -0.381 e. The Labute approximate surface area is 101 Å². The highest BCUT2D eigenvalue weighted by Gasteiger charge is 2.21. The fourth-order valence-electron chi connectivity index (χ4n) is 1.91. The maximum Gasteiger partial charge on any atom is 0.0958 e. The van der Waals surface area contributed by atoms with Gasteiger partial charge in [-0.1, -0.05) is 0 Å². The Hall–Kier alpha value is -0.740. The molecule has 0 aromatic carbocycles. The van der Waals surface area contributed by atoms with Crippen LogP contribution in [0.5, 0.6) is 0 Å². The molecule has 88 valence electrons. The van der Waals surface area contributed by atoms with E-state index in [-0.39, 0.29) is 0 Å². The maximum atomic E-state index is 5.39. The molecule has 0 amide bonds. The Morgan fingerprint density at radius 3 is 3.00 bits per heavy atom. The molecule has 2 atom stereocenters. The lowest BCUT2D eigenvalue weighted by atomic mass is 10.0. The molecule has 1 fully saturated rings. The standard InChI is InChI=1S/C12H18N2OS/c1-9(10-5-6-15-8-10)14-11-3-4-12(16-2)13-7-11/h3-4,7,9-10,14H,5-6,8H2,1-2H3. The summed E-state index contributed by atoms with van der Waals surface area (Å²) >= 11 is 1.66. The average molecular weight is 238 g/mol. The summed E-state index contributed by atoms with van der Waals surface area (Å²) < 4.78 is 5.39. The molecule has 0 bridgehead atoms. The molecule has 4 heteroatoms. The summed E-state index contributed by atoms with van der Waals surface area (Å²) in [5, 5.41) is 4.54. The van der Waals surface area contributed by atoms with Crippen LogP contribution in [0.25, 0.3) is 0 Å². The van der Waals surface area contributed by atoms with Crippen LogP contribution < -0.4 is 5.32 Å². The van der Waals surface area contributed by atoms with E-state index in [0.29, 0.717) is 12.0 Å². The number of nitrogens with zero attached hydrogens (tertiary/aromatic N) is 1. The van der Waals surface area contributed by atoms with Gasteiger partial charge in [0.1, 0.15) is 0 Å². The topological polar surface area (TPSA) is 34.1 Å². The summed E-state index contributed by atoms with van der Waals surface area (Å²) in [7, 11) is 0. The second kappa shape index (κ2) is 5.55. The van der Waals surface area contributed by atoms with Crippen molar-refractivity contribution in [3.05, 3.63) is 18.3 Å². The molecule has 0 aliphatic carbocycles. The van der Waals surface area contributed by atoms with Crippen LogP contribution in [0.15, 0.2) is 23.4 Å². The Morgan fingerprint density at radius 2 is 2.44 bits per heavy atom. The Morgan fingerprint density at radius 1 is 1.56 bits per heavy atom. The van der Waals surface area contributed by atoms with Gasteiger partial charge in [-0.05, 0) is 31.7 Å². The second-order valence-corrected chi connectivity index (χ2v) is 4.97. The van der Waals surface area contributed by atoms with Crippen molar-refractivity contribution >= 4 is 17.4 Å². The first-order chi connectivity index (χ1) is 7.79. The fraction of sp³-hybridized carbons (Fsp3) is 0.583. The first-order valence-corrected chi connectivity index (χ1v) is 6.86. The first kappa shape index (κ1) is 11.7. The molecule has 1 saturated heterocycles. The summed E-state index contributed by atoms with van der Waals surface area (Å²) in [4.78, 5) is 4.35. The minimum atomic E-state index is 0.449. The largest absolute Gasteiger partial charge is 0.381 e. The highest BCUT2D eigenvalue weighted by Crippen LogP contribution is 2.21. The van der Waals surface area contributed by atoms with Crippen LogP contribution in [0.2, 0.25) is 0 Å². The number of hydrogen-bond donors (Lipinski definition) is 1. The van der Waals surface area contributed by atoms with Crippen molar-refractivity contribution in [2.24, 2.45) is 5.92 Å². The number of pyridine rings is 1. The normalized spacial score (nSPS) is 22.0. The van der Waals surface area contributed by atoms with Gasteiger partial charge in [0.2, 0.25) is 0 Å². The number of anilines is 1. The van der Waals surface area contributed by atoms with Crippen molar-refractivity contribution in [3.63, 3.8) is 0 Å². The molecule has 1 aromatic heterocycles. The summed E-state index contributed by atoms with van der Waals surface area (Å²) in [5.41, 5.74) is 1.09. The van der Waals surface area contributed by atoms with Crippen LogP contribution in [-0.2, 0) is 4.74 Å². The average Bonchev–Trinajstić information content (AvgIpc) is 2.83. The van der Waals surface area contributed by atoms with Gasteiger partial charge in [-0.15, -0.1) is 11.8 Å². The van der Waals surface area contributed by atoms with E-state index in [1.807, 2.05) is 18.5 Å². The molecule has 3 nitrogen and oxygen atoms in total. The lowest BCUT2D eigenvalue weighted by Gasteiger charge is -2.20.